The zero-order valence-electron chi connectivity index (χ0n) is 12.6. The summed E-state index contributed by atoms with van der Waals surface area (Å²) in [7, 11) is 0. The molecule has 1 heterocycles. The SMILES string of the molecule is CSCC[C@@H](CO)NC(=O)CCn1ccc2c(Cl)cccc21. The number of thioether (sulfide) groups is 1. The number of aliphatic hydroxyl groups excluding tert-OH is 1. The molecule has 120 valence electrons. The third-order valence-corrected chi connectivity index (χ3v) is 4.57. The maximum atomic E-state index is 12.0. The van der Waals surface area contributed by atoms with E-state index in [0.717, 1.165) is 28.1 Å². The molecule has 0 aliphatic heterocycles. The monoisotopic (exact) mass is 340 g/mol. The van der Waals surface area contributed by atoms with Gasteiger partial charge in [-0.1, -0.05) is 17.7 Å². The van der Waals surface area contributed by atoms with E-state index in [1.165, 1.54) is 0 Å². The lowest BCUT2D eigenvalue weighted by atomic mass is 10.2. The van der Waals surface area contributed by atoms with Gasteiger partial charge < -0.3 is 15.0 Å². The fourth-order valence-electron chi connectivity index (χ4n) is 2.37. The second kappa shape index (κ2) is 8.46. The highest BCUT2D eigenvalue weighted by atomic mass is 35.5. The Morgan fingerprint density at radius 1 is 1.45 bits per heavy atom. The Kier molecular flexibility index (Phi) is 6.61. The van der Waals surface area contributed by atoms with Crippen LogP contribution in [0, 0.1) is 0 Å². The molecule has 0 unspecified atom stereocenters. The molecule has 2 N–H and O–H groups in total. The van der Waals surface area contributed by atoms with Gasteiger partial charge >= 0.3 is 0 Å². The van der Waals surface area contributed by atoms with Crippen molar-refractivity contribution in [1.29, 1.82) is 0 Å². The number of fused-ring (bicyclic) bond motifs is 1. The van der Waals surface area contributed by atoms with E-state index in [0.29, 0.717) is 13.0 Å². The van der Waals surface area contributed by atoms with Crippen molar-refractivity contribution in [2.75, 3.05) is 18.6 Å². The number of nitrogens with one attached hydrogen (secondary N) is 1. The molecule has 1 aromatic carbocycles. The van der Waals surface area contributed by atoms with E-state index in [1.54, 1.807) is 11.8 Å². The van der Waals surface area contributed by atoms with Gasteiger partial charge in [-0.25, -0.2) is 0 Å². The molecule has 22 heavy (non-hydrogen) atoms. The first-order valence-electron chi connectivity index (χ1n) is 7.28. The molecule has 4 nitrogen and oxygen atoms in total. The molecule has 2 rings (SSSR count). The number of hydrogen-bond acceptors (Lipinski definition) is 3. The van der Waals surface area contributed by atoms with Crippen LogP contribution >= 0.6 is 23.4 Å². The van der Waals surface area contributed by atoms with Crippen molar-refractivity contribution in [1.82, 2.24) is 9.88 Å². The molecular formula is C16H21ClN2O2S. The van der Waals surface area contributed by atoms with Crippen LogP contribution in [0.5, 0.6) is 0 Å². The van der Waals surface area contributed by atoms with E-state index < -0.39 is 0 Å². The zero-order valence-corrected chi connectivity index (χ0v) is 14.2. The maximum Gasteiger partial charge on any atom is 0.222 e. The predicted molar refractivity (Wildman–Crippen MR) is 93.6 cm³/mol. The number of aliphatic hydroxyl groups is 1. The molecule has 0 saturated heterocycles. The van der Waals surface area contributed by atoms with Crippen LogP contribution in [0.1, 0.15) is 12.8 Å². The van der Waals surface area contributed by atoms with Crippen LogP contribution in [0.2, 0.25) is 5.02 Å². The summed E-state index contributed by atoms with van der Waals surface area (Å²) < 4.78 is 2.02. The number of aryl methyl sites for hydroxylation is 1. The molecule has 0 aliphatic rings. The first kappa shape index (κ1) is 17.2. The van der Waals surface area contributed by atoms with Crippen LogP contribution in [0.3, 0.4) is 0 Å². The van der Waals surface area contributed by atoms with Crippen LogP contribution in [0.4, 0.5) is 0 Å². The van der Waals surface area contributed by atoms with Gasteiger partial charge in [0.1, 0.15) is 0 Å². The highest BCUT2D eigenvalue weighted by molar-refractivity contribution is 7.98. The molecule has 1 amide bonds. The summed E-state index contributed by atoms with van der Waals surface area (Å²) >= 11 is 7.85. The first-order chi connectivity index (χ1) is 10.7. The van der Waals surface area contributed by atoms with Crippen LogP contribution in [-0.2, 0) is 11.3 Å². The van der Waals surface area contributed by atoms with E-state index in [-0.39, 0.29) is 18.6 Å². The average molecular weight is 341 g/mol. The third-order valence-electron chi connectivity index (χ3n) is 3.60. The molecule has 1 aromatic heterocycles. The van der Waals surface area contributed by atoms with Gasteiger partial charge in [-0.15, -0.1) is 0 Å². The fourth-order valence-corrected chi connectivity index (χ4v) is 3.12. The summed E-state index contributed by atoms with van der Waals surface area (Å²) in [6, 6.07) is 7.57. The van der Waals surface area contributed by atoms with E-state index in [1.807, 2.05) is 41.3 Å². The number of carbonyl (C=O) groups is 1. The Balaban J connectivity index is 1.91. The summed E-state index contributed by atoms with van der Waals surface area (Å²) in [6.45, 7) is 0.574. The number of aromatic nitrogens is 1. The van der Waals surface area contributed by atoms with Crippen LogP contribution < -0.4 is 5.32 Å². The Bertz CT molecular complexity index is 630. The van der Waals surface area contributed by atoms with E-state index >= 15 is 0 Å². The Morgan fingerprint density at radius 3 is 3.00 bits per heavy atom. The summed E-state index contributed by atoms with van der Waals surface area (Å²) in [5.74, 6) is 0.885. The number of halogens is 1. The number of carbonyl (C=O) groups excluding carboxylic acids is 1. The molecule has 1 atom stereocenters. The standard InChI is InChI=1S/C16H21ClN2O2S/c1-22-10-7-12(11-20)18-16(21)6-9-19-8-5-13-14(17)3-2-4-15(13)19/h2-5,8,12,20H,6-7,9-11H2,1H3,(H,18,21)/t12-/m0/s1. The van der Waals surface area contributed by atoms with Crippen molar-refractivity contribution >= 4 is 40.2 Å². The molecule has 2 aromatic rings. The van der Waals surface area contributed by atoms with Gasteiger partial charge in [0.25, 0.3) is 0 Å². The number of amides is 1. The average Bonchev–Trinajstić information content (AvgIpc) is 2.94. The molecule has 0 saturated carbocycles. The normalized spacial score (nSPS) is 12.5. The second-order valence-corrected chi connectivity index (χ2v) is 6.55. The van der Waals surface area contributed by atoms with Crippen molar-refractivity contribution < 1.29 is 9.90 Å². The minimum atomic E-state index is -0.157. The van der Waals surface area contributed by atoms with Crippen LogP contribution in [0.25, 0.3) is 10.9 Å². The van der Waals surface area contributed by atoms with Crippen molar-refractivity contribution in [3.63, 3.8) is 0 Å². The summed E-state index contributed by atoms with van der Waals surface area (Å²) in [5, 5.41) is 13.9. The van der Waals surface area contributed by atoms with Gasteiger partial charge in [-0.2, -0.15) is 11.8 Å². The van der Waals surface area contributed by atoms with Gasteiger partial charge in [0.15, 0.2) is 0 Å². The molecule has 0 aliphatic carbocycles. The van der Waals surface area contributed by atoms with Gasteiger partial charge in [0.2, 0.25) is 5.91 Å². The second-order valence-electron chi connectivity index (χ2n) is 5.16. The molecular weight excluding hydrogens is 320 g/mol. The van der Waals surface area contributed by atoms with Crippen LogP contribution in [0.15, 0.2) is 30.5 Å². The van der Waals surface area contributed by atoms with Crippen molar-refractivity contribution in [2.24, 2.45) is 0 Å². The topological polar surface area (TPSA) is 54.3 Å². The molecule has 6 heteroatoms. The number of nitrogens with zero attached hydrogens (tertiary/aromatic N) is 1. The van der Waals surface area contributed by atoms with Gasteiger partial charge in [-0.05, 0) is 36.6 Å². The summed E-state index contributed by atoms with van der Waals surface area (Å²) in [6.07, 6.45) is 5.12. The highest BCUT2D eigenvalue weighted by Gasteiger charge is 2.11. The highest BCUT2D eigenvalue weighted by Crippen LogP contribution is 2.24. The van der Waals surface area contributed by atoms with Crippen LogP contribution in [-0.4, -0.2) is 40.2 Å². The van der Waals surface area contributed by atoms with Crippen molar-refractivity contribution in [3.05, 3.63) is 35.5 Å². The largest absolute Gasteiger partial charge is 0.394 e. The lowest BCUT2D eigenvalue weighted by Gasteiger charge is -2.16. The first-order valence-corrected chi connectivity index (χ1v) is 9.05. The lowest BCUT2D eigenvalue weighted by molar-refractivity contribution is -0.122. The van der Waals surface area contributed by atoms with Crippen molar-refractivity contribution in [2.45, 2.75) is 25.4 Å². The quantitative estimate of drug-likeness (QED) is 0.777. The van der Waals surface area contributed by atoms with E-state index in [9.17, 15) is 9.90 Å². The fraction of sp³-hybridized carbons (Fsp3) is 0.438. The van der Waals surface area contributed by atoms with E-state index in [4.69, 9.17) is 11.6 Å². The molecule has 0 radical (unpaired) electrons. The number of benzene rings is 1. The third kappa shape index (κ3) is 4.41. The Morgan fingerprint density at radius 2 is 2.27 bits per heavy atom. The maximum absolute atomic E-state index is 12.0. The number of rotatable bonds is 8. The van der Waals surface area contributed by atoms with Gasteiger partial charge in [-0.3, -0.25) is 4.79 Å². The minimum absolute atomic E-state index is 0.0195. The Labute approximate surface area is 139 Å². The minimum Gasteiger partial charge on any atom is -0.394 e. The van der Waals surface area contributed by atoms with Gasteiger partial charge in [0, 0.05) is 35.1 Å². The molecule has 0 bridgehead atoms. The van der Waals surface area contributed by atoms with Crippen molar-refractivity contribution in [3.8, 4) is 0 Å². The van der Waals surface area contributed by atoms with E-state index in [2.05, 4.69) is 5.32 Å². The molecule has 0 spiro atoms. The number of hydrogen-bond donors (Lipinski definition) is 2. The predicted octanol–water partition coefficient (Wildman–Crippen LogP) is 2.92. The Hall–Kier alpha value is -1.17. The summed E-state index contributed by atoms with van der Waals surface area (Å²) in [4.78, 5) is 12.0. The lowest BCUT2D eigenvalue weighted by Crippen LogP contribution is -2.38. The zero-order chi connectivity index (χ0) is 15.9. The smallest absolute Gasteiger partial charge is 0.222 e. The molecule has 0 fully saturated rings. The summed E-state index contributed by atoms with van der Waals surface area (Å²) in [5.41, 5.74) is 1.03. The van der Waals surface area contributed by atoms with Gasteiger partial charge in [0.05, 0.1) is 12.6 Å².